The quantitative estimate of drug-likeness (QED) is 0.571. The molecule has 0 amide bonds. The van der Waals surface area contributed by atoms with Gasteiger partial charge in [-0.15, -0.1) is 13.2 Å². The van der Waals surface area contributed by atoms with Crippen LogP contribution in [-0.4, -0.2) is 33.4 Å². The van der Waals surface area contributed by atoms with Gasteiger partial charge in [-0.1, -0.05) is 0 Å². The van der Waals surface area contributed by atoms with Gasteiger partial charge in [-0.25, -0.2) is 18.1 Å². The van der Waals surface area contributed by atoms with E-state index in [1.165, 1.54) is 6.26 Å². The molecule has 1 aromatic heterocycles. The highest BCUT2D eigenvalue weighted by Crippen LogP contribution is 2.24. The second kappa shape index (κ2) is 8.76. The van der Waals surface area contributed by atoms with Crippen LogP contribution in [0.15, 0.2) is 64.1 Å². The first-order chi connectivity index (χ1) is 14.2. The second-order valence-electron chi connectivity index (χ2n) is 6.04. The summed E-state index contributed by atoms with van der Waals surface area (Å²) in [5, 5.41) is 0. The first-order valence-electron chi connectivity index (χ1n) is 8.60. The summed E-state index contributed by atoms with van der Waals surface area (Å²) in [6.07, 6.45) is -3.16. The molecule has 30 heavy (non-hydrogen) atoms. The van der Waals surface area contributed by atoms with Gasteiger partial charge in [-0.2, -0.15) is 0 Å². The molecule has 0 aliphatic carbocycles. The largest absolute Gasteiger partial charge is 0.573 e. The monoisotopic (exact) mass is 442 g/mol. The highest BCUT2D eigenvalue weighted by atomic mass is 32.2. The van der Waals surface area contributed by atoms with Crippen molar-refractivity contribution in [3.8, 4) is 23.0 Å². The number of aromatic nitrogens is 1. The summed E-state index contributed by atoms with van der Waals surface area (Å²) >= 11 is 0. The van der Waals surface area contributed by atoms with Crippen LogP contribution >= 0.6 is 0 Å². The van der Waals surface area contributed by atoms with Crippen LogP contribution < -0.4 is 14.2 Å². The molecule has 0 radical (unpaired) electrons. The van der Waals surface area contributed by atoms with E-state index in [-0.39, 0.29) is 17.9 Å². The maximum absolute atomic E-state index is 12.3. The summed E-state index contributed by atoms with van der Waals surface area (Å²) < 4.78 is 77.7. The Bertz CT molecular complexity index is 1080. The van der Waals surface area contributed by atoms with Crippen LogP contribution in [0.2, 0.25) is 0 Å². The zero-order valence-electron chi connectivity index (χ0n) is 15.6. The highest BCUT2D eigenvalue weighted by molar-refractivity contribution is 7.89. The molecular weight excluding hydrogens is 425 g/mol. The van der Waals surface area contributed by atoms with Crippen molar-refractivity contribution in [3.05, 3.63) is 60.5 Å². The lowest BCUT2D eigenvalue weighted by Crippen LogP contribution is -2.26. The van der Waals surface area contributed by atoms with Gasteiger partial charge in [0.15, 0.2) is 0 Å². The molecular formula is C19H17F3N2O5S. The number of halogens is 3. The maximum atomic E-state index is 12.3. The van der Waals surface area contributed by atoms with Gasteiger partial charge < -0.3 is 13.9 Å². The van der Waals surface area contributed by atoms with Crippen molar-refractivity contribution in [2.75, 3.05) is 13.7 Å². The lowest BCUT2D eigenvalue weighted by molar-refractivity contribution is -0.274. The van der Waals surface area contributed by atoms with E-state index in [1.54, 1.807) is 31.4 Å². The lowest BCUT2D eigenvalue weighted by atomic mass is 10.2. The van der Waals surface area contributed by atoms with Gasteiger partial charge in [0.25, 0.3) is 0 Å². The van der Waals surface area contributed by atoms with Crippen LogP contribution in [-0.2, 0) is 16.4 Å². The predicted octanol–water partition coefficient (Wildman–Crippen LogP) is 3.77. The van der Waals surface area contributed by atoms with Gasteiger partial charge in [0.2, 0.25) is 15.9 Å². The molecule has 2 aromatic carbocycles. The molecule has 0 aliphatic heterocycles. The molecule has 0 unspecified atom stereocenters. The molecule has 0 saturated heterocycles. The Morgan fingerprint density at radius 2 is 1.67 bits per heavy atom. The number of benzene rings is 2. The van der Waals surface area contributed by atoms with E-state index < -0.39 is 22.1 Å². The van der Waals surface area contributed by atoms with E-state index in [9.17, 15) is 21.6 Å². The van der Waals surface area contributed by atoms with Gasteiger partial charge in [-0.05, 0) is 48.5 Å². The van der Waals surface area contributed by atoms with Gasteiger partial charge in [0.1, 0.15) is 17.8 Å². The molecule has 3 rings (SSSR count). The molecule has 160 valence electrons. The van der Waals surface area contributed by atoms with Gasteiger partial charge in [0, 0.05) is 18.5 Å². The number of hydrogen-bond acceptors (Lipinski definition) is 6. The van der Waals surface area contributed by atoms with Gasteiger partial charge >= 0.3 is 6.36 Å². The second-order valence-corrected chi connectivity index (χ2v) is 7.81. The zero-order chi connectivity index (χ0) is 21.8. The van der Waals surface area contributed by atoms with Crippen LogP contribution in [0.25, 0.3) is 11.5 Å². The van der Waals surface area contributed by atoms with E-state index in [0.29, 0.717) is 17.3 Å². The van der Waals surface area contributed by atoms with Gasteiger partial charge in [0.05, 0.1) is 17.7 Å². The van der Waals surface area contributed by atoms with Crippen molar-refractivity contribution in [1.82, 2.24) is 9.71 Å². The van der Waals surface area contributed by atoms with E-state index in [0.717, 1.165) is 29.8 Å². The zero-order valence-corrected chi connectivity index (χ0v) is 16.5. The summed E-state index contributed by atoms with van der Waals surface area (Å²) in [5.41, 5.74) is 1.28. The number of oxazole rings is 1. The van der Waals surface area contributed by atoms with Crippen LogP contribution in [0.4, 0.5) is 13.2 Å². The van der Waals surface area contributed by atoms with E-state index >= 15 is 0 Å². The normalized spacial score (nSPS) is 12.0. The number of rotatable bonds is 8. The molecule has 0 atom stereocenters. The summed E-state index contributed by atoms with van der Waals surface area (Å²) in [6, 6.07) is 11.0. The van der Waals surface area contributed by atoms with E-state index in [4.69, 9.17) is 9.15 Å². The van der Waals surface area contributed by atoms with Crippen LogP contribution in [0, 0.1) is 0 Å². The summed E-state index contributed by atoms with van der Waals surface area (Å²) in [5.74, 6) is 0.573. The average molecular weight is 442 g/mol. The minimum Gasteiger partial charge on any atom is -0.497 e. The summed E-state index contributed by atoms with van der Waals surface area (Å²) in [7, 11) is -2.34. The Morgan fingerprint density at radius 1 is 1.03 bits per heavy atom. The van der Waals surface area contributed by atoms with E-state index in [1.807, 2.05) is 0 Å². The fourth-order valence-corrected chi connectivity index (χ4v) is 3.54. The van der Waals surface area contributed by atoms with Crippen LogP contribution in [0.1, 0.15) is 5.69 Å². The number of hydrogen-bond donors (Lipinski definition) is 1. The average Bonchev–Trinajstić information content (AvgIpc) is 3.16. The van der Waals surface area contributed by atoms with Crippen molar-refractivity contribution >= 4 is 10.0 Å². The Morgan fingerprint density at radius 3 is 2.27 bits per heavy atom. The number of methoxy groups -OCH3 is 1. The Kier molecular flexibility index (Phi) is 6.32. The molecule has 0 aliphatic rings. The number of nitrogens with zero attached hydrogens (tertiary/aromatic N) is 1. The molecule has 3 aromatic rings. The maximum Gasteiger partial charge on any atom is 0.573 e. The number of alkyl halides is 3. The molecule has 11 heteroatoms. The third kappa shape index (κ3) is 5.74. The standard InChI is InChI=1S/C19H17F3N2O5S/c1-27-15-4-2-13(3-5-15)18-24-14(12-28-18)10-11-23-30(25,26)17-8-6-16(7-9-17)29-19(20,21)22/h2-9,12,23H,10-11H2,1H3. The Balaban J connectivity index is 1.57. The molecule has 1 N–H and O–H groups in total. The summed E-state index contributed by atoms with van der Waals surface area (Å²) in [4.78, 5) is 4.12. The first kappa shape index (κ1) is 21.7. The fourth-order valence-electron chi connectivity index (χ4n) is 2.51. The molecule has 1 heterocycles. The first-order valence-corrected chi connectivity index (χ1v) is 10.1. The minimum absolute atomic E-state index is 0.0255. The van der Waals surface area contributed by atoms with Crippen molar-refractivity contribution in [1.29, 1.82) is 0 Å². The van der Waals surface area contributed by atoms with Crippen LogP contribution in [0.3, 0.4) is 0 Å². The SMILES string of the molecule is COc1ccc(-c2nc(CCNS(=O)(=O)c3ccc(OC(F)(F)F)cc3)co2)cc1. The van der Waals surface area contributed by atoms with Crippen molar-refractivity contribution in [3.63, 3.8) is 0 Å². The third-order valence-corrected chi connectivity index (χ3v) is 5.41. The lowest BCUT2D eigenvalue weighted by Gasteiger charge is -2.10. The van der Waals surface area contributed by atoms with Crippen LogP contribution in [0.5, 0.6) is 11.5 Å². The molecule has 0 spiro atoms. The molecule has 0 fully saturated rings. The smallest absolute Gasteiger partial charge is 0.497 e. The van der Waals surface area contributed by atoms with E-state index in [2.05, 4.69) is 14.4 Å². The molecule has 0 bridgehead atoms. The fraction of sp³-hybridized carbons (Fsp3) is 0.211. The molecule has 0 saturated carbocycles. The highest BCUT2D eigenvalue weighted by Gasteiger charge is 2.31. The van der Waals surface area contributed by atoms with Crippen molar-refractivity contribution < 1.29 is 35.5 Å². The number of sulfonamides is 1. The van der Waals surface area contributed by atoms with Crippen molar-refractivity contribution in [2.45, 2.75) is 17.7 Å². The van der Waals surface area contributed by atoms with Crippen molar-refractivity contribution in [2.24, 2.45) is 0 Å². The third-order valence-electron chi connectivity index (χ3n) is 3.93. The molecule has 7 nitrogen and oxygen atoms in total. The number of nitrogens with one attached hydrogen (secondary N) is 1. The topological polar surface area (TPSA) is 90.7 Å². The van der Waals surface area contributed by atoms with Gasteiger partial charge in [-0.3, -0.25) is 0 Å². The number of ether oxygens (including phenoxy) is 2. The Labute approximate surface area is 170 Å². The predicted molar refractivity (Wildman–Crippen MR) is 101 cm³/mol. The Hall–Kier alpha value is -3.05. The summed E-state index contributed by atoms with van der Waals surface area (Å²) in [6.45, 7) is 0.0255. The minimum atomic E-state index is -4.85.